The summed E-state index contributed by atoms with van der Waals surface area (Å²) in [5.41, 5.74) is -1.38. The molecule has 1 aliphatic rings. The fraction of sp³-hybridized carbons (Fsp3) is 0.364. The fourth-order valence-corrected chi connectivity index (χ4v) is 2.97. The molecule has 0 fully saturated rings. The Hall–Kier alpha value is -1.81. The Kier molecular flexibility index (Phi) is 3.62. The van der Waals surface area contributed by atoms with Crippen molar-refractivity contribution in [3.8, 4) is 0 Å². The molecule has 21 heavy (non-hydrogen) atoms. The minimum Gasteiger partial charge on any atom is -0.225 e. The van der Waals surface area contributed by atoms with Crippen LogP contribution in [0.1, 0.15) is 18.1 Å². The molecule has 6 nitrogen and oxygen atoms in total. The lowest BCUT2D eigenvalue weighted by Gasteiger charge is -2.14. The Labute approximate surface area is 118 Å². The van der Waals surface area contributed by atoms with Gasteiger partial charge in [0.25, 0.3) is 0 Å². The molecule has 2 rings (SSSR count). The van der Waals surface area contributed by atoms with Crippen LogP contribution in [-0.4, -0.2) is 31.9 Å². The Balaban J connectivity index is 2.75. The van der Waals surface area contributed by atoms with Crippen molar-refractivity contribution in [1.82, 2.24) is 0 Å². The number of sulfonamides is 1. The van der Waals surface area contributed by atoms with Crippen LogP contribution in [0.2, 0.25) is 0 Å². The van der Waals surface area contributed by atoms with Crippen LogP contribution in [0.5, 0.6) is 0 Å². The van der Waals surface area contributed by atoms with Crippen molar-refractivity contribution in [3.05, 3.63) is 29.3 Å². The SMILES string of the molecule is CC1C(c2cccc(C(F)(F)F)c2S(N)(=O)=O)=NN=[N+]1C. The number of alkyl halides is 3. The summed E-state index contributed by atoms with van der Waals surface area (Å²) in [6.07, 6.45) is -4.84. The van der Waals surface area contributed by atoms with Crippen molar-refractivity contribution in [2.75, 3.05) is 7.05 Å². The average Bonchev–Trinajstić information content (AvgIpc) is 2.67. The van der Waals surface area contributed by atoms with Crippen molar-refractivity contribution in [1.29, 1.82) is 0 Å². The molecule has 114 valence electrons. The van der Waals surface area contributed by atoms with E-state index in [1.165, 1.54) is 10.8 Å². The number of nitrogens with two attached hydrogens (primary N) is 1. The van der Waals surface area contributed by atoms with Gasteiger partial charge in [-0.2, -0.15) is 17.9 Å². The zero-order chi connectivity index (χ0) is 16.0. The molecule has 1 atom stereocenters. The first kappa shape index (κ1) is 15.6. The average molecular weight is 321 g/mol. The molecule has 0 spiro atoms. The van der Waals surface area contributed by atoms with Crippen LogP contribution >= 0.6 is 0 Å². The van der Waals surface area contributed by atoms with Gasteiger partial charge in [0.2, 0.25) is 15.7 Å². The summed E-state index contributed by atoms with van der Waals surface area (Å²) in [5, 5.41) is 12.4. The molecule has 1 heterocycles. The van der Waals surface area contributed by atoms with Crippen molar-refractivity contribution in [2.45, 2.75) is 24.0 Å². The molecule has 0 saturated heterocycles. The maximum absolute atomic E-state index is 13.0. The number of hydrogen-bond acceptors (Lipinski definition) is 4. The Bertz CT molecular complexity index is 753. The number of nitrogens with zero attached hydrogens (tertiary/aromatic N) is 3. The molecular formula is C11H12F3N4O2S+. The topological polar surface area (TPSA) is 87.9 Å². The summed E-state index contributed by atoms with van der Waals surface area (Å²) >= 11 is 0. The molecule has 10 heteroatoms. The highest BCUT2D eigenvalue weighted by atomic mass is 32.2. The van der Waals surface area contributed by atoms with Crippen molar-refractivity contribution < 1.29 is 26.3 Å². The van der Waals surface area contributed by atoms with Gasteiger partial charge in [0.05, 0.1) is 17.7 Å². The lowest BCUT2D eigenvalue weighted by atomic mass is 10.0. The van der Waals surface area contributed by atoms with E-state index in [0.29, 0.717) is 6.07 Å². The van der Waals surface area contributed by atoms with Gasteiger partial charge in [-0.25, -0.2) is 13.6 Å². The molecule has 0 saturated carbocycles. The minimum atomic E-state index is -4.84. The van der Waals surface area contributed by atoms with Crippen LogP contribution in [0.4, 0.5) is 13.2 Å². The van der Waals surface area contributed by atoms with Gasteiger partial charge in [0.15, 0.2) is 6.04 Å². The van der Waals surface area contributed by atoms with Crippen LogP contribution in [-0.2, 0) is 16.2 Å². The van der Waals surface area contributed by atoms with Crippen LogP contribution in [0, 0.1) is 0 Å². The third kappa shape index (κ3) is 2.81. The lowest BCUT2D eigenvalue weighted by Crippen LogP contribution is -2.28. The van der Waals surface area contributed by atoms with Crippen molar-refractivity contribution in [3.63, 3.8) is 0 Å². The molecule has 1 aliphatic heterocycles. The third-order valence-electron chi connectivity index (χ3n) is 3.13. The molecule has 1 aromatic carbocycles. The number of primary sulfonamides is 1. The quantitative estimate of drug-likeness (QED) is 0.838. The van der Waals surface area contributed by atoms with Gasteiger partial charge in [-0.05, 0) is 19.1 Å². The summed E-state index contributed by atoms with van der Waals surface area (Å²) in [5.74, 6) is 0. The number of hydrogen-bond donors (Lipinski definition) is 1. The van der Waals surface area contributed by atoms with E-state index in [1.54, 1.807) is 14.0 Å². The van der Waals surface area contributed by atoms with Gasteiger partial charge >= 0.3 is 6.18 Å². The Morgan fingerprint density at radius 3 is 2.38 bits per heavy atom. The van der Waals surface area contributed by atoms with E-state index in [-0.39, 0.29) is 11.3 Å². The maximum atomic E-state index is 13.0. The number of benzene rings is 1. The predicted octanol–water partition coefficient (Wildman–Crippen LogP) is 1.55. The predicted molar refractivity (Wildman–Crippen MR) is 67.4 cm³/mol. The van der Waals surface area contributed by atoms with Crippen LogP contribution < -0.4 is 5.14 Å². The van der Waals surface area contributed by atoms with Gasteiger partial charge in [0, 0.05) is 5.56 Å². The number of rotatable bonds is 2. The monoisotopic (exact) mass is 321 g/mol. The normalized spacial score (nSPS) is 19.4. The van der Waals surface area contributed by atoms with E-state index < -0.39 is 32.7 Å². The van der Waals surface area contributed by atoms with E-state index >= 15 is 0 Å². The second-order valence-corrected chi connectivity index (χ2v) is 6.05. The van der Waals surface area contributed by atoms with Crippen molar-refractivity contribution in [2.24, 2.45) is 15.5 Å². The molecule has 1 unspecified atom stereocenters. The summed E-state index contributed by atoms with van der Waals surface area (Å²) in [6, 6.07) is 2.55. The van der Waals surface area contributed by atoms with Crippen LogP contribution in [0.3, 0.4) is 0 Å². The van der Waals surface area contributed by atoms with Crippen LogP contribution in [0.15, 0.2) is 33.4 Å². The van der Waals surface area contributed by atoms with Gasteiger partial charge < -0.3 is 0 Å². The molecule has 0 aromatic heterocycles. The summed E-state index contributed by atoms with van der Waals surface area (Å²) < 4.78 is 63.8. The summed E-state index contributed by atoms with van der Waals surface area (Å²) in [4.78, 5) is -0.978. The molecular weight excluding hydrogens is 309 g/mol. The molecule has 0 amide bonds. The molecule has 0 aliphatic carbocycles. The Morgan fingerprint density at radius 1 is 1.33 bits per heavy atom. The molecule has 0 radical (unpaired) electrons. The lowest BCUT2D eigenvalue weighted by molar-refractivity contribution is -0.577. The zero-order valence-electron chi connectivity index (χ0n) is 11.1. The summed E-state index contributed by atoms with van der Waals surface area (Å²) in [7, 11) is -3.01. The molecule has 0 bridgehead atoms. The second-order valence-electron chi connectivity index (χ2n) is 4.55. The molecule has 1 aromatic rings. The minimum absolute atomic E-state index is 0.118. The first-order valence-electron chi connectivity index (χ1n) is 5.78. The highest BCUT2D eigenvalue weighted by molar-refractivity contribution is 7.89. The first-order chi connectivity index (χ1) is 9.53. The van der Waals surface area contributed by atoms with Gasteiger partial charge in [-0.3, -0.25) is 0 Å². The van der Waals surface area contributed by atoms with Crippen LogP contribution in [0.25, 0.3) is 0 Å². The van der Waals surface area contributed by atoms with E-state index in [0.717, 1.165) is 6.07 Å². The summed E-state index contributed by atoms with van der Waals surface area (Å²) in [6.45, 7) is 1.64. The second kappa shape index (κ2) is 4.88. The fourth-order valence-electron chi connectivity index (χ4n) is 2.00. The van der Waals surface area contributed by atoms with E-state index in [2.05, 4.69) is 10.3 Å². The number of halogens is 3. The van der Waals surface area contributed by atoms with E-state index in [1.807, 2.05) is 0 Å². The number of likely N-dealkylation sites (N-methyl/N-ethyl adjacent to an activating group) is 1. The van der Waals surface area contributed by atoms with Gasteiger partial charge in [0.1, 0.15) is 10.1 Å². The van der Waals surface area contributed by atoms with Crippen molar-refractivity contribution >= 4 is 15.7 Å². The standard InChI is InChI=1S/C11H12F3N4O2S/c1-6-9(16-17-18(6)2)7-4-3-5-8(11(12,13)14)10(7)21(15,19)20/h3-6H,1-2H3,(H2,15,19,20)/q+1. The third-order valence-corrected chi connectivity index (χ3v) is 4.14. The smallest absolute Gasteiger partial charge is 0.225 e. The van der Waals surface area contributed by atoms with Gasteiger partial charge in [-0.1, -0.05) is 6.07 Å². The molecule has 2 N–H and O–H groups in total. The van der Waals surface area contributed by atoms with Gasteiger partial charge in [-0.15, -0.1) is 0 Å². The largest absolute Gasteiger partial charge is 0.417 e. The Morgan fingerprint density at radius 2 is 1.95 bits per heavy atom. The first-order valence-corrected chi connectivity index (χ1v) is 7.33. The maximum Gasteiger partial charge on any atom is 0.417 e. The highest BCUT2D eigenvalue weighted by Gasteiger charge is 2.41. The highest BCUT2D eigenvalue weighted by Crippen LogP contribution is 2.36. The zero-order valence-corrected chi connectivity index (χ0v) is 11.9. The van der Waals surface area contributed by atoms with E-state index in [9.17, 15) is 21.6 Å². The van der Waals surface area contributed by atoms with E-state index in [4.69, 9.17) is 5.14 Å².